The first-order valence-corrected chi connectivity index (χ1v) is 5.90. The lowest BCUT2D eigenvalue weighted by Gasteiger charge is -1.97. The van der Waals surface area contributed by atoms with E-state index in [1.807, 2.05) is 24.3 Å². The van der Waals surface area contributed by atoms with Crippen LogP contribution in [-0.4, -0.2) is 16.1 Å². The van der Waals surface area contributed by atoms with Crippen LogP contribution in [0.5, 0.6) is 0 Å². The van der Waals surface area contributed by atoms with E-state index in [0.717, 1.165) is 22.5 Å². The number of carboxylic acids is 1. The van der Waals surface area contributed by atoms with Crippen molar-refractivity contribution in [3.8, 4) is 10.6 Å². The van der Waals surface area contributed by atoms with Crippen LogP contribution in [0.4, 0.5) is 0 Å². The minimum absolute atomic E-state index is 0.247. The molecule has 0 fully saturated rings. The third-order valence-electron chi connectivity index (χ3n) is 2.07. The summed E-state index contributed by atoms with van der Waals surface area (Å²) in [5.74, 6) is -0.473. The van der Waals surface area contributed by atoms with Gasteiger partial charge in [0.1, 0.15) is 9.88 Å². The van der Waals surface area contributed by atoms with Crippen molar-refractivity contribution in [3.63, 3.8) is 0 Å². The number of halogens is 1. The van der Waals surface area contributed by atoms with Gasteiger partial charge in [-0.15, -0.1) is 22.9 Å². The molecule has 0 bridgehead atoms. The van der Waals surface area contributed by atoms with Gasteiger partial charge in [-0.1, -0.05) is 24.3 Å². The van der Waals surface area contributed by atoms with Gasteiger partial charge in [0.25, 0.3) is 0 Å². The summed E-state index contributed by atoms with van der Waals surface area (Å²) in [6, 6.07) is 7.60. The number of aromatic carboxylic acids is 1. The molecule has 2 rings (SSSR count). The molecule has 3 nitrogen and oxygen atoms in total. The Morgan fingerprint density at radius 1 is 1.38 bits per heavy atom. The van der Waals surface area contributed by atoms with Crippen molar-refractivity contribution in [1.82, 2.24) is 4.98 Å². The quantitative estimate of drug-likeness (QED) is 0.855. The van der Waals surface area contributed by atoms with Crippen LogP contribution in [0.25, 0.3) is 10.6 Å². The van der Waals surface area contributed by atoms with E-state index in [2.05, 4.69) is 4.98 Å². The van der Waals surface area contributed by atoms with Crippen LogP contribution in [0.15, 0.2) is 30.5 Å². The summed E-state index contributed by atoms with van der Waals surface area (Å²) in [4.78, 5) is 15.0. The average Bonchev–Trinajstić information content (AvgIpc) is 2.78. The molecule has 82 valence electrons. The van der Waals surface area contributed by atoms with Gasteiger partial charge in [-0.2, -0.15) is 0 Å². The summed E-state index contributed by atoms with van der Waals surface area (Å²) >= 11 is 6.84. The van der Waals surface area contributed by atoms with E-state index in [0.29, 0.717) is 10.9 Å². The number of rotatable bonds is 3. The maximum atomic E-state index is 10.7. The zero-order chi connectivity index (χ0) is 11.5. The second-order valence-electron chi connectivity index (χ2n) is 3.17. The lowest BCUT2D eigenvalue weighted by atomic mass is 10.2. The van der Waals surface area contributed by atoms with Crippen LogP contribution < -0.4 is 0 Å². The standard InChI is InChI=1S/C11H8ClNO2S/c12-5-7-1-3-8(4-2-7)10-13-6-9(16-10)11(14)15/h1-4,6H,5H2,(H,14,15). The molecule has 0 aliphatic heterocycles. The van der Waals surface area contributed by atoms with Gasteiger partial charge in [-0.05, 0) is 5.56 Å². The van der Waals surface area contributed by atoms with E-state index in [1.54, 1.807) is 0 Å². The third kappa shape index (κ3) is 2.23. The number of carboxylic acid groups (broad SMARTS) is 1. The van der Waals surface area contributed by atoms with Crippen molar-refractivity contribution in [3.05, 3.63) is 40.9 Å². The predicted octanol–water partition coefficient (Wildman–Crippen LogP) is 3.25. The van der Waals surface area contributed by atoms with E-state index < -0.39 is 5.97 Å². The van der Waals surface area contributed by atoms with E-state index in [1.165, 1.54) is 6.20 Å². The molecule has 0 saturated heterocycles. The predicted molar refractivity (Wildman–Crippen MR) is 64.1 cm³/mol. The number of aromatic nitrogens is 1. The van der Waals surface area contributed by atoms with Crippen molar-refractivity contribution >= 4 is 28.9 Å². The topological polar surface area (TPSA) is 50.2 Å². The lowest BCUT2D eigenvalue weighted by Crippen LogP contribution is -1.89. The number of carbonyl (C=O) groups is 1. The molecule has 0 aliphatic carbocycles. The highest BCUT2D eigenvalue weighted by Crippen LogP contribution is 2.25. The van der Waals surface area contributed by atoms with Crippen LogP contribution in [0.2, 0.25) is 0 Å². The monoisotopic (exact) mass is 253 g/mol. The molecule has 0 atom stereocenters. The second kappa shape index (κ2) is 4.63. The van der Waals surface area contributed by atoms with Gasteiger partial charge < -0.3 is 5.11 Å². The molecule has 1 heterocycles. The Balaban J connectivity index is 2.31. The van der Waals surface area contributed by atoms with E-state index >= 15 is 0 Å². The summed E-state index contributed by atoms with van der Waals surface area (Å²) in [5.41, 5.74) is 1.94. The molecule has 0 spiro atoms. The summed E-state index contributed by atoms with van der Waals surface area (Å²) < 4.78 is 0. The maximum absolute atomic E-state index is 10.7. The van der Waals surface area contributed by atoms with Crippen LogP contribution in [0, 0.1) is 0 Å². The number of hydrogen-bond donors (Lipinski definition) is 1. The molecule has 2 aromatic rings. The van der Waals surface area contributed by atoms with E-state index in [4.69, 9.17) is 16.7 Å². The van der Waals surface area contributed by atoms with Gasteiger partial charge in [0.2, 0.25) is 0 Å². The van der Waals surface area contributed by atoms with Gasteiger partial charge in [-0.25, -0.2) is 9.78 Å². The highest BCUT2D eigenvalue weighted by molar-refractivity contribution is 7.16. The van der Waals surface area contributed by atoms with Gasteiger partial charge in [0.15, 0.2) is 0 Å². The second-order valence-corrected chi connectivity index (χ2v) is 4.46. The molecule has 0 radical (unpaired) electrons. The smallest absolute Gasteiger partial charge is 0.347 e. The SMILES string of the molecule is O=C(O)c1cnc(-c2ccc(CCl)cc2)s1. The summed E-state index contributed by atoms with van der Waals surface area (Å²) in [7, 11) is 0. The fourth-order valence-electron chi connectivity index (χ4n) is 1.24. The fraction of sp³-hybridized carbons (Fsp3) is 0.0909. The van der Waals surface area contributed by atoms with Crippen LogP contribution in [0.1, 0.15) is 15.2 Å². The Hall–Kier alpha value is -1.39. The maximum Gasteiger partial charge on any atom is 0.347 e. The molecule has 5 heteroatoms. The van der Waals surface area contributed by atoms with E-state index in [9.17, 15) is 4.79 Å². The largest absolute Gasteiger partial charge is 0.477 e. The molecule has 1 aromatic carbocycles. The van der Waals surface area contributed by atoms with Gasteiger partial charge in [0.05, 0.1) is 6.20 Å². The van der Waals surface area contributed by atoms with Gasteiger partial charge in [0, 0.05) is 11.4 Å². The Morgan fingerprint density at radius 2 is 2.06 bits per heavy atom. The zero-order valence-electron chi connectivity index (χ0n) is 8.18. The molecule has 0 saturated carbocycles. The number of nitrogens with zero attached hydrogens (tertiary/aromatic N) is 1. The summed E-state index contributed by atoms with van der Waals surface area (Å²) in [5, 5.41) is 9.49. The number of hydrogen-bond acceptors (Lipinski definition) is 3. The fourth-order valence-corrected chi connectivity index (χ4v) is 2.18. The lowest BCUT2D eigenvalue weighted by molar-refractivity contribution is 0.0702. The Kier molecular flexibility index (Phi) is 3.22. The minimum atomic E-state index is -0.943. The normalized spacial score (nSPS) is 10.3. The first-order valence-electron chi connectivity index (χ1n) is 4.55. The first kappa shape index (κ1) is 11.1. The van der Waals surface area contributed by atoms with Crippen molar-refractivity contribution in [1.29, 1.82) is 0 Å². The third-order valence-corrected chi connectivity index (χ3v) is 3.41. The molecule has 0 aliphatic rings. The Labute approximate surface area is 101 Å². The molecule has 1 N–H and O–H groups in total. The number of thiazole rings is 1. The Morgan fingerprint density at radius 3 is 2.56 bits per heavy atom. The molecular weight excluding hydrogens is 246 g/mol. The van der Waals surface area contributed by atoms with Crippen LogP contribution in [-0.2, 0) is 5.88 Å². The van der Waals surface area contributed by atoms with Gasteiger partial charge in [-0.3, -0.25) is 0 Å². The number of benzene rings is 1. The number of alkyl halides is 1. The zero-order valence-corrected chi connectivity index (χ0v) is 9.76. The van der Waals surface area contributed by atoms with Crippen LogP contribution >= 0.6 is 22.9 Å². The van der Waals surface area contributed by atoms with E-state index in [-0.39, 0.29) is 4.88 Å². The van der Waals surface area contributed by atoms with Crippen molar-refractivity contribution in [2.24, 2.45) is 0 Å². The highest BCUT2D eigenvalue weighted by Gasteiger charge is 2.09. The van der Waals surface area contributed by atoms with Crippen molar-refractivity contribution in [2.75, 3.05) is 0 Å². The summed E-state index contributed by atoms with van der Waals surface area (Å²) in [6.07, 6.45) is 1.37. The van der Waals surface area contributed by atoms with Crippen molar-refractivity contribution < 1.29 is 9.90 Å². The highest BCUT2D eigenvalue weighted by atomic mass is 35.5. The molecular formula is C11H8ClNO2S. The van der Waals surface area contributed by atoms with Crippen LogP contribution in [0.3, 0.4) is 0 Å². The minimum Gasteiger partial charge on any atom is -0.477 e. The van der Waals surface area contributed by atoms with Crippen molar-refractivity contribution in [2.45, 2.75) is 5.88 Å². The molecule has 1 aromatic heterocycles. The first-order chi connectivity index (χ1) is 7.70. The molecule has 0 unspecified atom stereocenters. The molecule has 16 heavy (non-hydrogen) atoms. The van der Waals surface area contributed by atoms with Gasteiger partial charge >= 0.3 is 5.97 Å². The molecule has 0 amide bonds. The summed E-state index contributed by atoms with van der Waals surface area (Å²) in [6.45, 7) is 0. The Bertz CT molecular complexity index is 507. The average molecular weight is 254 g/mol.